The minimum Gasteiger partial charge on any atom is -0.333 e. The molecule has 0 atom stereocenters. The summed E-state index contributed by atoms with van der Waals surface area (Å²) in [6.07, 6.45) is 0. The van der Waals surface area contributed by atoms with Crippen molar-refractivity contribution in [3.63, 3.8) is 0 Å². The van der Waals surface area contributed by atoms with E-state index in [2.05, 4.69) is 5.32 Å². The molecular weight excluding hydrogens is 278 g/mol. The Bertz CT molecular complexity index is 658. The first-order valence-corrected chi connectivity index (χ1v) is 7.21. The number of hydrogen-bond acceptors (Lipinski definition) is 2. The third kappa shape index (κ3) is 2.93. The van der Waals surface area contributed by atoms with E-state index in [1.165, 1.54) is 4.90 Å². The van der Waals surface area contributed by atoms with Gasteiger partial charge >= 0.3 is 12.1 Å². The summed E-state index contributed by atoms with van der Waals surface area (Å²) in [5.74, 6) is 0. The van der Waals surface area contributed by atoms with E-state index in [-0.39, 0.29) is 12.1 Å². The molecule has 0 saturated carbocycles. The lowest BCUT2D eigenvalue weighted by atomic mass is 10.2. The predicted molar refractivity (Wildman–Crippen MR) is 84.6 cm³/mol. The van der Waals surface area contributed by atoms with Crippen LogP contribution in [0.5, 0.6) is 0 Å². The predicted octanol–water partition coefficient (Wildman–Crippen LogP) is 2.84. The lowest BCUT2D eigenvalue weighted by Crippen LogP contribution is -2.42. The number of amides is 4. The smallest absolute Gasteiger partial charge is 0.332 e. The van der Waals surface area contributed by atoms with E-state index in [1.807, 2.05) is 60.7 Å². The van der Waals surface area contributed by atoms with Crippen LogP contribution in [0.4, 0.5) is 15.3 Å². The van der Waals surface area contributed by atoms with E-state index >= 15 is 0 Å². The van der Waals surface area contributed by atoms with Crippen LogP contribution in [0.3, 0.4) is 0 Å². The van der Waals surface area contributed by atoms with Gasteiger partial charge in [0.2, 0.25) is 0 Å². The fourth-order valence-electron chi connectivity index (χ4n) is 2.44. The molecule has 2 aromatic carbocycles. The van der Waals surface area contributed by atoms with E-state index in [0.717, 1.165) is 11.3 Å². The maximum atomic E-state index is 12.3. The number of imide groups is 1. The van der Waals surface area contributed by atoms with E-state index in [4.69, 9.17) is 0 Å². The zero-order chi connectivity index (χ0) is 15.4. The Morgan fingerprint density at radius 3 is 2.27 bits per heavy atom. The molecule has 1 saturated heterocycles. The quantitative estimate of drug-likeness (QED) is 0.946. The summed E-state index contributed by atoms with van der Waals surface area (Å²) in [4.78, 5) is 27.4. The summed E-state index contributed by atoms with van der Waals surface area (Å²) in [5.41, 5.74) is 1.81. The third-order valence-electron chi connectivity index (χ3n) is 3.61. The van der Waals surface area contributed by atoms with Crippen LogP contribution in [0.15, 0.2) is 60.7 Å². The molecule has 4 amide bonds. The highest BCUT2D eigenvalue weighted by Gasteiger charge is 2.33. The topological polar surface area (TPSA) is 52.7 Å². The first kappa shape index (κ1) is 14.1. The van der Waals surface area contributed by atoms with Gasteiger partial charge in [-0.3, -0.25) is 4.90 Å². The highest BCUT2D eigenvalue weighted by Crippen LogP contribution is 2.19. The molecule has 5 heteroatoms. The van der Waals surface area contributed by atoms with Gasteiger partial charge in [0, 0.05) is 18.8 Å². The highest BCUT2D eigenvalue weighted by atomic mass is 16.2. The number of nitrogens with zero attached hydrogens (tertiary/aromatic N) is 2. The zero-order valence-corrected chi connectivity index (χ0v) is 12.1. The van der Waals surface area contributed by atoms with Crippen molar-refractivity contribution < 1.29 is 9.59 Å². The molecule has 1 heterocycles. The summed E-state index contributed by atoms with van der Waals surface area (Å²) in [6.45, 7) is 1.32. The second-order valence-corrected chi connectivity index (χ2v) is 5.07. The molecule has 0 spiro atoms. The van der Waals surface area contributed by atoms with Crippen LogP contribution < -0.4 is 10.2 Å². The van der Waals surface area contributed by atoms with Crippen LogP contribution in [0, 0.1) is 0 Å². The van der Waals surface area contributed by atoms with Crippen LogP contribution in [-0.4, -0.2) is 30.1 Å². The lowest BCUT2D eigenvalue weighted by molar-refractivity contribution is 0.200. The van der Waals surface area contributed by atoms with Crippen molar-refractivity contribution >= 4 is 17.7 Å². The molecule has 1 aliphatic heterocycles. The van der Waals surface area contributed by atoms with E-state index in [0.29, 0.717) is 19.6 Å². The fourth-order valence-corrected chi connectivity index (χ4v) is 2.44. The molecule has 0 bridgehead atoms. The monoisotopic (exact) mass is 295 g/mol. The largest absolute Gasteiger partial charge is 0.333 e. The first-order valence-electron chi connectivity index (χ1n) is 7.21. The Balaban J connectivity index is 1.61. The molecule has 0 radical (unpaired) electrons. The maximum Gasteiger partial charge on any atom is 0.332 e. The first-order chi connectivity index (χ1) is 10.8. The molecule has 3 rings (SSSR count). The van der Waals surface area contributed by atoms with Crippen molar-refractivity contribution in [2.24, 2.45) is 0 Å². The number of carbonyl (C=O) groups excluding carboxylic acids is 2. The van der Waals surface area contributed by atoms with Crippen molar-refractivity contribution in [3.05, 3.63) is 66.2 Å². The number of carbonyl (C=O) groups is 2. The van der Waals surface area contributed by atoms with Gasteiger partial charge in [-0.1, -0.05) is 48.5 Å². The number of nitrogens with one attached hydrogen (secondary N) is 1. The molecule has 5 nitrogen and oxygen atoms in total. The van der Waals surface area contributed by atoms with Crippen LogP contribution in [0.25, 0.3) is 0 Å². The van der Waals surface area contributed by atoms with Crippen molar-refractivity contribution in [2.45, 2.75) is 6.54 Å². The van der Waals surface area contributed by atoms with Gasteiger partial charge < -0.3 is 5.32 Å². The van der Waals surface area contributed by atoms with Crippen molar-refractivity contribution in [3.8, 4) is 0 Å². The molecule has 0 aliphatic carbocycles. The van der Waals surface area contributed by atoms with Gasteiger partial charge in [0.1, 0.15) is 0 Å². The van der Waals surface area contributed by atoms with Crippen molar-refractivity contribution in [1.29, 1.82) is 0 Å². The van der Waals surface area contributed by atoms with Crippen LogP contribution >= 0.6 is 0 Å². The highest BCUT2D eigenvalue weighted by molar-refractivity contribution is 6.04. The Labute approximate surface area is 129 Å². The summed E-state index contributed by atoms with van der Waals surface area (Å²) in [7, 11) is 0. The Morgan fingerprint density at radius 1 is 0.955 bits per heavy atom. The Hall–Kier alpha value is -2.82. The van der Waals surface area contributed by atoms with E-state index < -0.39 is 0 Å². The molecule has 1 aliphatic rings. The number of urea groups is 2. The van der Waals surface area contributed by atoms with Crippen LogP contribution in [-0.2, 0) is 6.54 Å². The Kier molecular flexibility index (Phi) is 4.05. The second kappa shape index (κ2) is 6.30. The van der Waals surface area contributed by atoms with Gasteiger partial charge in [-0.05, 0) is 17.7 Å². The molecule has 22 heavy (non-hydrogen) atoms. The lowest BCUT2D eigenvalue weighted by Gasteiger charge is -2.18. The van der Waals surface area contributed by atoms with E-state index in [9.17, 15) is 9.59 Å². The van der Waals surface area contributed by atoms with Gasteiger partial charge in [0.15, 0.2) is 0 Å². The summed E-state index contributed by atoms with van der Waals surface area (Å²) >= 11 is 0. The third-order valence-corrected chi connectivity index (χ3v) is 3.61. The average Bonchev–Trinajstić information content (AvgIpc) is 2.96. The van der Waals surface area contributed by atoms with Gasteiger partial charge in [-0.2, -0.15) is 0 Å². The summed E-state index contributed by atoms with van der Waals surface area (Å²) < 4.78 is 0. The average molecular weight is 295 g/mol. The molecular formula is C17H17N3O2. The summed E-state index contributed by atoms with van der Waals surface area (Å²) in [6, 6.07) is 18.4. The van der Waals surface area contributed by atoms with Gasteiger partial charge in [0.05, 0.1) is 6.54 Å². The minimum atomic E-state index is -0.354. The summed E-state index contributed by atoms with van der Waals surface area (Å²) in [5, 5.41) is 2.78. The number of rotatable bonds is 3. The number of benzene rings is 2. The molecule has 0 aromatic heterocycles. The molecule has 1 fully saturated rings. The van der Waals surface area contributed by atoms with Gasteiger partial charge in [-0.25, -0.2) is 14.5 Å². The maximum absolute atomic E-state index is 12.3. The van der Waals surface area contributed by atoms with Crippen molar-refractivity contribution in [2.75, 3.05) is 18.0 Å². The number of hydrogen-bond donors (Lipinski definition) is 1. The second-order valence-electron chi connectivity index (χ2n) is 5.07. The Morgan fingerprint density at radius 2 is 1.59 bits per heavy atom. The number of para-hydroxylation sites is 1. The fraction of sp³-hybridized carbons (Fsp3) is 0.176. The minimum absolute atomic E-state index is 0.281. The standard InChI is InChI=1S/C17H17N3O2/c21-16(18-13-14-7-3-1-4-8-14)20-12-11-19(17(20)22)15-9-5-2-6-10-15/h1-10H,11-13H2,(H,18,21). The van der Waals surface area contributed by atoms with Crippen LogP contribution in [0.2, 0.25) is 0 Å². The SMILES string of the molecule is O=C(NCc1ccccc1)N1CCN(c2ccccc2)C1=O. The molecule has 0 unspecified atom stereocenters. The van der Waals surface area contributed by atoms with Gasteiger partial charge in [0.25, 0.3) is 0 Å². The molecule has 2 aromatic rings. The number of anilines is 1. The normalized spacial score (nSPS) is 14.3. The van der Waals surface area contributed by atoms with Gasteiger partial charge in [-0.15, -0.1) is 0 Å². The van der Waals surface area contributed by atoms with E-state index in [1.54, 1.807) is 4.90 Å². The van der Waals surface area contributed by atoms with Crippen LogP contribution in [0.1, 0.15) is 5.56 Å². The molecule has 112 valence electrons. The van der Waals surface area contributed by atoms with Crippen molar-refractivity contribution in [1.82, 2.24) is 10.2 Å². The zero-order valence-electron chi connectivity index (χ0n) is 12.1. The molecule has 1 N–H and O–H groups in total.